The van der Waals surface area contributed by atoms with Crippen molar-refractivity contribution in [1.82, 2.24) is 4.98 Å². The first-order valence-corrected chi connectivity index (χ1v) is 5.35. The second kappa shape index (κ2) is 4.36. The van der Waals surface area contributed by atoms with Crippen LogP contribution in [0, 0.1) is 0 Å². The summed E-state index contributed by atoms with van der Waals surface area (Å²) < 4.78 is 0. The van der Waals surface area contributed by atoms with E-state index in [-0.39, 0.29) is 0 Å². The Balaban J connectivity index is 2.46. The highest BCUT2D eigenvalue weighted by atomic mass is 35.5. The summed E-state index contributed by atoms with van der Waals surface area (Å²) >= 11 is 7.28. The van der Waals surface area contributed by atoms with Crippen molar-refractivity contribution in [3.63, 3.8) is 0 Å². The molecule has 5 heteroatoms. The molecule has 74 valence electrons. The number of rotatable bonds is 2. The van der Waals surface area contributed by atoms with E-state index in [4.69, 9.17) is 11.6 Å². The summed E-state index contributed by atoms with van der Waals surface area (Å²) in [4.78, 5) is 17.6. The zero-order valence-corrected chi connectivity index (χ0v) is 9.05. The number of aliphatic imine (C=N–C) groups is 1. The summed E-state index contributed by atoms with van der Waals surface area (Å²) in [6.07, 6.45) is 1.45. The van der Waals surface area contributed by atoms with Gasteiger partial charge in [-0.25, -0.2) is 9.78 Å². The van der Waals surface area contributed by atoms with Crippen molar-refractivity contribution < 1.29 is 4.79 Å². The van der Waals surface area contributed by atoms with Gasteiger partial charge in [-0.05, 0) is 6.07 Å². The van der Waals surface area contributed by atoms with Crippen molar-refractivity contribution in [2.24, 2.45) is 4.99 Å². The summed E-state index contributed by atoms with van der Waals surface area (Å²) in [7, 11) is 0. The highest BCUT2D eigenvalue weighted by Gasteiger charge is 2.06. The average molecular weight is 237 g/mol. The topological polar surface area (TPSA) is 42.3 Å². The molecule has 0 saturated heterocycles. The van der Waals surface area contributed by atoms with Crippen LogP contribution in [-0.4, -0.2) is 11.1 Å². The lowest BCUT2D eigenvalue weighted by molar-refractivity contribution is 0.565. The van der Waals surface area contributed by atoms with Gasteiger partial charge >= 0.3 is 0 Å². The lowest BCUT2D eigenvalue weighted by Crippen LogP contribution is -1.77. The summed E-state index contributed by atoms with van der Waals surface area (Å²) in [6.45, 7) is 0. The monoisotopic (exact) mass is 236 g/mol. The second-order valence-corrected chi connectivity index (χ2v) is 3.94. The fourth-order valence-corrected chi connectivity index (χ4v) is 2.02. The molecule has 0 N–H and O–H groups in total. The molecule has 15 heavy (non-hydrogen) atoms. The van der Waals surface area contributed by atoms with E-state index in [1.165, 1.54) is 17.4 Å². The maximum Gasteiger partial charge on any atom is 0.242 e. The van der Waals surface area contributed by atoms with Crippen molar-refractivity contribution in [2.45, 2.75) is 0 Å². The maximum atomic E-state index is 10.0. The van der Waals surface area contributed by atoms with Crippen LogP contribution in [0.15, 0.2) is 34.6 Å². The van der Waals surface area contributed by atoms with Crippen molar-refractivity contribution in [3.8, 4) is 11.3 Å². The molecule has 0 unspecified atom stereocenters. The normalized spacial score (nSPS) is 9.67. The Morgan fingerprint density at radius 1 is 1.40 bits per heavy atom. The van der Waals surface area contributed by atoms with Gasteiger partial charge in [-0.3, -0.25) is 0 Å². The predicted molar refractivity (Wildman–Crippen MR) is 60.3 cm³/mol. The SMILES string of the molecule is O=C=Nc1nc(-c2ccccc2Cl)cs1. The van der Waals surface area contributed by atoms with Crippen LogP contribution >= 0.6 is 22.9 Å². The zero-order chi connectivity index (χ0) is 10.7. The summed E-state index contributed by atoms with van der Waals surface area (Å²) in [5.41, 5.74) is 1.56. The van der Waals surface area contributed by atoms with E-state index in [9.17, 15) is 4.79 Å². The number of hydrogen-bond acceptors (Lipinski definition) is 4. The number of carbonyl (C=O) groups excluding carboxylic acids is 1. The van der Waals surface area contributed by atoms with E-state index >= 15 is 0 Å². The van der Waals surface area contributed by atoms with Crippen LogP contribution < -0.4 is 0 Å². The molecule has 0 amide bonds. The van der Waals surface area contributed by atoms with Crippen molar-refractivity contribution in [3.05, 3.63) is 34.7 Å². The first-order chi connectivity index (χ1) is 7.31. The number of thiazole rings is 1. The summed E-state index contributed by atoms with van der Waals surface area (Å²) in [5, 5.41) is 2.82. The maximum absolute atomic E-state index is 10.0. The molecule has 1 heterocycles. The van der Waals surface area contributed by atoms with E-state index in [1.807, 2.05) is 18.2 Å². The van der Waals surface area contributed by atoms with Gasteiger partial charge in [-0.2, -0.15) is 0 Å². The molecule has 0 radical (unpaired) electrons. The Morgan fingerprint density at radius 3 is 2.93 bits per heavy atom. The van der Waals surface area contributed by atoms with Gasteiger partial charge in [0.1, 0.15) is 0 Å². The molecule has 0 aliphatic heterocycles. The van der Waals surface area contributed by atoms with Crippen molar-refractivity contribution in [2.75, 3.05) is 0 Å². The third kappa shape index (κ3) is 2.13. The van der Waals surface area contributed by atoms with Crippen LogP contribution in [0.5, 0.6) is 0 Å². The smallest absolute Gasteiger partial charge is 0.218 e. The first kappa shape index (κ1) is 10.1. The molecule has 0 saturated carbocycles. The van der Waals surface area contributed by atoms with Crippen LogP contribution in [0.25, 0.3) is 11.3 Å². The van der Waals surface area contributed by atoms with Crippen LogP contribution in [0.2, 0.25) is 5.02 Å². The van der Waals surface area contributed by atoms with Gasteiger partial charge in [-0.1, -0.05) is 29.8 Å². The van der Waals surface area contributed by atoms with Gasteiger partial charge in [0.25, 0.3) is 0 Å². The fourth-order valence-electron chi connectivity index (χ4n) is 1.15. The molecule has 1 aromatic carbocycles. The van der Waals surface area contributed by atoms with Gasteiger partial charge in [0.15, 0.2) is 0 Å². The van der Waals surface area contributed by atoms with Crippen LogP contribution in [0.3, 0.4) is 0 Å². The molecule has 0 aliphatic carbocycles. The van der Waals surface area contributed by atoms with Gasteiger partial charge in [0.05, 0.1) is 5.69 Å². The molecule has 2 rings (SSSR count). The molecule has 1 aromatic heterocycles. The zero-order valence-electron chi connectivity index (χ0n) is 7.48. The Kier molecular flexibility index (Phi) is 2.92. The molecular weight excluding hydrogens is 232 g/mol. The summed E-state index contributed by atoms with van der Waals surface area (Å²) in [5.74, 6) is 0. The van der Waals surface area contributed by atoms with Crippen molar-refractivity contribution in [1.29, 1.82) is 0 Å². The predicted octanol–water partition coefficient (Wildman–Crippen LogP) is 3.43. The number of benzene rings is 1. The molecule has 0 bridgehead atoms. The number of halogens is 1. The van der Waals surface area contributed by atoms with Gasteiger partial charge in [0, 0.05) is 16.0 Å². The molecule has 2 aromatic rings. The quantitative estimate of drug-likeness (QED) is 0.592. The second-order valence-electron chi connectivity index (χ2n) is 2.70. The number of nitrogens with zero attached hydrogens (tertiary/aromatic N) is 2. The highest BCUT2D eigenvalue weighted by Crippen LogP contribution is 2.30. The van der Waals surface area contributed by atoms with Gasteiger partial charge in [-0.15, -0.1) is 16.3 Å². The van der Waals surface area contributed by atoms with E-state index in [1.54, 1.807) is 11.4 Å². The molecule has 0 aliphatic rings. The molecule has 0 atom stereocenters. The fraction of sp³-hybridized carbons (Fsp3) is 0. The Morgan fingerprint density at radius 2 is 2.20 bits per heavy atom. The van der Waals surface area contributed by atoms with Gasteiger partial charge < -0.3 is 0 Å². The van der Waals surface area contributed by atoms with Crippen LogP contribution in [0.1, 0.15) is 0 Å². The van der Waals surface area contributed by atoms with E-state index in [0.717, 1.165) is 11.3 Å². The Bertz CT molecular complexity index is 532. The molecule has 0 fully saturated rings. The molecular formula is C10H5ClN2OS. The van der Waals surface area contributed by atoms with Crippen LogP contribution in [-0.2, 0) is 4.79 Å². The van der Waals surface area contributed by atoms with Gasteiger partial charge in [0.2, 0.25) is 11.2 Å². The molecule has 0 spiro atoms. The van der Waals surface area contributed by atoms with E-state index < -0.39 is 0 Å². The average Bonchev–Trinajstić information content (AvgIpc) is 2.68. The largest absolute Gasteiger partial charge is 0.242 e. The van der Waals surface area contributed by atoms with Crippen LogP contribution in [0.4, 0.5) is 5.13 Å². The standard InChI is InChI=1S/C10H5ClN2OS/c11-8-4-2-1-3-7(8)9-5-15-10(13-9)12-6-14/h1-5H. The lowest BCUT2D eigenvalue weighted by Gasteiger charge is -1.97. The highest BCUT2D eigenvalue weighted by molar-refractivity contribution is 7.13. The third-order valence-corrected chi connectivity index (χ3v) is 2.85. The minimum absolute atomic E-state index is 0.389. The van der Waals surface area contributed by atoms with E-state index in [2.05, 4.69) is 9.98 Å². The summed E-state index contributed by atoms with van der Waals surface area (Å²) in [6, 6.07) is 7.39. The number of aromatic nitrogens is 1. The van der Waals surface area contributed by atoms with Crippen molar-refractivity contribution >= 4 is 34.1 Å². The Hall–Kier alpha value is -1.48. The first-order valence-electron chi connectivity index (χ1n) is 4.09. The number of hydrogen-bond donors (Lipinski definition) is 0. The van der Waals surface area contributed by atoms with E-state index in [0.29, 0.717) is 10.2 Å². The molecule has 3 nitrogen and oxygen atoms in total. The minimum atomic E-state index is 0.389. The Labute approximate surface area is 95.1 Å². The number of isocyanates is 1. The minimum Gasteiger partial charge on any atom is -0.218 e. The third-order valence-electron chi connectivity index (χ3n) is 1.78. The lowest BCUT2D eigenvalue weighted by atomic mass is 10.2.